The molecule has 5 rings (SSSR count). The maximum Gasteiger partial charge on any atom is 0.314 e. The van der Waals surface area contributed by atoms with Crippen molar-refractivity contribution in [2.24, 2.45) is 5.92 Å². The van der Waals surface area contributed by atoms with Gasteiger partial charge in [-0.1, -0.05) is 44.2 Å². The first-order valence-electron chi connectivity index (χ1n) is 13.1. The van der Waals surface area contributed by atoms with Crippen molar-refractivity contribution in [3.8, 4) is 23.0 Å². The highest BCUT2D eigenvalue weighted by Crippen LogP contribution is 2.40. The van der Waals surface area contributed by atoms with Gasteiger partial charge in [-0.25, -0.2) is 0 Å². The minimum atomic E-state index is -0.136. The van der Waals surface area contributed by atoms with Crippen molar-refractivity contribution in [1.29, 1.82) is 0 Å². The number of allylic oxidation sites excluding steroid dienone is 1. The lowest BCUT2D eigenvalue weighted by atomic mass is 9.88. The van der Waals surface area contributed by atoms with Gasteiger partial charge in [-0.05, 0) is 90.0 Å². The molecule has 0 amide bonds. The summed E-state index contributed by atoms with van der Waals surface area (Å²) >= 11 is 0. The van der Waals surface area contributed by atoms with Crippen LogP contribution in [0.15, 0.2) is 66.7 Å². The monoisotopic (exact) mass is 499 g/mol. The molecule has 1 aliphatic carbocycles. The van der Waals surface area contributed by atoms with Crippen molar-refractivity contribution in [3.05, 3.63) is 83.4 Å². The van der Waals surface area contributed by atoms with Gasteiger partial charge in [0.05, 0.1) is 5.92 Å². The zero-order valence-corrected chi connectivity index (χ0v) is 21.4. The molecule has 1 N–H and O–H groups in total. The molecule has 0 unspecified atom stereocenters. The molecular formula is C31H33NO5. The largest absolute Gasteiger partial charge is 0.492 e. The summed E-state index contributed by atoms with van der Waals surface area (Å²) < 4.78 is 22.6. The SMILES string of the molecule is CCNCCOc1ccc(/C(=C(/CC)c2ccc3c(c2)OCO3)c2ccc(OC(=O)C3CC3)cc2)cc1. The Balaban J connectivity index is 1.49. The summed E-state index contributed by atoms with van der Waals surface area (Å²) in [6.07, 6.45) is 2.66. The number of ether oxygens (including phenoxy) is 4. The highest BCUT2D eigenvalue weighted by Gasteiger charge is 2.31. The third kappa shape index (κ3) is 5.97. The maximum absolute atomic E-state index is 12.1. The topological polar surface area (TPSA) is 66.0 Å². The van der Waals surface area contributed by atoms with E-state index in [-0.39, 0.29) is 18.7 Å². The van der Waals surface area contributed by atoms with E-state index in [0.29, 0.717) is 12.4 Å². The van der Waals surface area contributed by atoms with Gasteiger partial charge >= 0.3 is 5.97 Å². The van der Waals surface area contributed by atoms with Crippen LogP contribution in [0.3, 0.4) is 0 Å². The predicted molar refractivity (Wildman–Crippen MR) is 144 cm³/mol. The van der Waals surface area contributed by atoms with Crippen LogP contribution >= 0.6 is 0 Å². The fraction of sp³-hybridized carbons (Fsp3) is 0.323. The molecule has 192 valence electrons. The fourth-order valence-corrected chi connectivity index (χ4v) is 4.47. The third-order valence-electron chi connectivity index (χ3n) is 6.59. The van der Waals surface area contributed by atoms with Gasteiger partial charge in [-0.3, -0.25) is 4.79 Å². The summed E-state index contributed by atoms with van der Waals surface area (Å²) in [5.41, 5.74) is 5.50. The lowest BCUT2D eigenvalue weighted by Gasteiger charge is -2.17. The summed E-state index contributed by atoms with van der Waals surface area (Å²) in [6, 6.07) is 22.1. The number of fused-ring (bicyclic) bond motifs is 1. The molecular weight excluding hydrogens is 466 g/mol. The van der Waals surface area contributed by atoms with E-state index in [2.05, 4.69) is 37.4 Å². The van der Waals surface area contributed by atoms with Gasteiger partial charge in [-0.15, -0.1) is 0 Å². The molecule has 6 heteroatoms. The van der Waals surface area contributed by atoms with Crippen LogP contribution in [-0.4, -0.2) is 32.5 Å². The van der Waals surface area contributed by atoms with Gasteiger partial charge in [0.2, 0.25) is 6.79 Å². The number of esters is 1. The van der Waals surface area contributed by atoms with E-state index in [1.54, 1.807) is 0 Å². The molecule has 37 heavy (non-hydrogen) atoms. The van der Waals surface area contributed by atoms with E-state index in [1.807, 2.05) is 48.5 Å². The normalized spacial score (nSPS) is 14.8. The zero-order chi connectivity index (χ0) is 25.6. The average molecular weight is 500 g/mol. The van der Waals surface area contributed by atoms with E-state index in [1.165, 1.54) is 5.57 Å². The number of carbonyl (C=O) groups excluding carboxylic acids is 1. The summed E-state index contributed by atoms with van der Waals surface area (Å²) in [4.78, 5) is 12.1. The number of nitrogens with one attached hydrogen (secondary N) is 1. The number of hydrogen-bond donors (Lipinski definition) is 1. The fourth-order valence-electron chi connectivity index (χ4n) is 4.47. The average Bonchev–Trinajstić information content (AvgIpc) is 3.68. The molecule has 1 aliphatic heterocycles. The van der Waals surface area contributed by atoms with Crippen molar-refractivity contribution in [2.75, 3.05) is 26.5 Å². The minimum absolute atomic E-state index is 0.0614. The quantitative estimate of drug-likeness (QED) is 0.149. The van der Waals surface area contributed by atoms with E-state index in [4.69, 9.17) is 18.9 Å². The molecule has 2 aliphatic rings. The molecule has 0 aromatic heterocycles. The number of carbonyl (C=O) groups is 1. The van der Waals surface area contributed by atoms with Gasteiger partial charge in [0.15, 0.2) is 11.5 Å². The van der Waals surface area contributed by atoms with Gasteiger partial charge in [0.25, 0.3) is 0 Å². The Bertz CT molecular complexity index is 1260. The second-order valence-corrected chi connectivity index (χ2v) is 9.22. The number of rotatable bonds is 11. The summed E-state index contributed by atoms with van der Waals surface area (Å²) in [5.74, 6) is 2.86. The summed E-state index contributed by atoms with van der Waals surface area (Å²) in [5, 5.41) is 3.27. The molecule has 1 fully saturated rings. The molecule has 3 aromatic carbocycles. The smallest absolute Gasteiger partial charge is 0.314 e. The number of benzene rings is 3. The maximum atomic E-state index is 12.1. The number of hydrogen-bond acceptors (Lipinski definition) is 6. The first kappa shape index (κ1) is 24.9. The van der Waals surface area contributed by atoms with Crippen LogP contribution < -0.4 is 24.3 Å². The molecule has 1 heterocycles. The zero-order valence-electron chi connectivity index (χ0n) is 21.4. The Morgan fingerprint density at radius 2 is 1.51 bits per heavy atom. The van der Waals surface area contributed by atoms with Crippen molar-refractivity contribution in [3.63, 3.8) is 0 Å². The second-order valence-electron chi connectivity index (χ2n) is 9.22. The molecule has 0 atom stereocenters. The minimum Gasteiger partial charge on any atom is -0.492 e. The molecule has 0 saturated heterocycles. The lowest BCUT2D eigenvalue weighted by Crippen LogP contribution is -2.20. The molecule has 1 saturated carbocycles. The summed E-state index contributed by atoms with van der Waals surface area (Å²) in [6.45, 7) is 6.84. The Labute approximate surface area is 218 Å². The predicted octanol–water partition coefficient (Wildman–Crippen LogP) is 6.09. The van der Waals surface area contributed by atoms with Crippen LogP contribution in [-0.2, 0) is 4.79 Å². The van der Waals surface area contributed by atoms with E-state index >= 15 is 0 Å². The molecule has 6 nitrogen and oxygen atoms in total. The molecule has 0 bridgehead atoms. The van der Waals surface area contributed by atoms with Gasteiger partial charge in [0, 0.05) is 6.54 Å². The Morgan fingerprint density at radius 3 is 2.16 bits per heavy atom. The first-order chi connectivity index (χ1) is 18.2. The highest BCUT2D eigenvalue weighted by molar-refractivity contribution is 5.99. The van der Waals surface area contributed by atoms with Crippen molar-refractivity contribution in [1.82, 2.24) is 5.32 Å². The first-order valence-corrected chi connectivity index (χ1v) is 13.1. The lowest BCUT2D eigenvalue weighted by molar-refractivity contribution is -0.135. The second kappa shape index (κ2) is 11.5. The summed E-state index contributed by atoms with van der Waals surface area (Å²) in [7, 11) is 0. The highest BCUT2D eigenvalue weighted by atomic mass is 16.7. The molecule has 3 aromatic rings. The van der Waals surface area contributed by atoms with Crippen LogP contribution in [0.4, 0.5) is 0 Å². The van der Waals surface area contributed by atoms with Gasteiger partial charge in [-0.2, -0.15) is 0 Å². The van der Waals surface area contributed by atoms with Gasteiger partial charge in [0.1, 0.15) is 18.1 Å². The van der Waals surface area contributed by atoms with Crippen LogP contribution in [0.2, 0.25) is 0 Å². The third-order valence-corrected chi connectivity index (χ3v) is 6.59. The van der Waals surface area contributed by atoms with Crippen molar-refractivity contribution < 1.29 is 23.7 Å². The van der Waals surface area contributed by atoms with Crippen LogP contribution in [0, 0.1) is 5.92 Å². The Morgan fingerprint density at radius 1 is 0.865 bits per heavy atom. The van der Waals surface area contributed by atoms with Crippen molar-refractivity contribution in [2.45, 2.75) is 33.1 Å². The van der Waals surface area contributed by atoms with Gasteiger partial charge < -0.3 is 24.3 Å². The molecule has 0 radical (unpaired) electrons. The van der Waals surface area contributed by atoms with Crippen molar-refractivity contribution >= 4 is 17.1 Å². The molecule has 0 spiro atoms. The standard InChI is InChI=1S/C31H33NO5/c1-3-27(24-11-16-28-29(19-24)36-20-35-28)30(21-7-12-25(13-8-21)34-18-17-32-4-2)22-9-14-26(15-10-22)37-31(33)23-5-6-23/h7-16,19,23,32H,3-6,17-18,20H2,1-2H3/b30-27+. The Kier molecular flexibility index (Phi) is 7.76. The van der Waals surface area contributed by atoms with Crippen LogP contribution in [0.25, 0.3) is 11.1 Å². The Hall–Kier alpha value is -3.77. The van der Waals surface area contributed by atoms with Crippen LogP contribution in [0.5, 0.6) is 23.0 Å². The number of likely N-dealkylation sites (N-methyl/N-ethyl adjacent to an activating group) is 1. The van der Waals surface area contributed by atoms with Crippen LogP contribution in [0.1, 0.15) is 49.8 Å². The van der Waals surface area contributed by atoms with E-state index < -0.39 is 0 Å². The van der Waals surface area contributed by atoms with E-state index in [0.717, 1.165) is 71.9 Å². The van der Waals surface area contributed by atoms with E-state index in [9.17, 15) is 4.79 Å².